The average Bonchev–Trinajstić information content (AvgIpc) is 2.66. The molecule has 0 saturated heterocycles. The second kappa shape index (κ2) is 10.3. The van der Waals surface area contributed by atoms with Crippen molar-refractivity contribution in [2.24, 2.45) is 0 Å². The first-order valence-electron chi connectivity index (χ1n) is 9.63. The molecule has 0 fully saturated rings. The molecule has 0 spiro atoms. The summed E-state index contributed by atoms with van der Waals surface area (Å²) in [7, 11) is 0. The Morgan fingerprint density at radius 3 is 2.11 bits per heavy atom. The molecule has 0 aromatic heterocycles. The molecule has 1 N–H and O–H groups in total. The number of carbonyl (C=O) groups excluding carboxylic acids is 2. The minimum Gasteiger partial charge on any atom is -0.350 e. The van der Waals surface area contributed by atoms with Crippen molar-refractivity contribution in [2.45, 2.75) is 57.1 Å². The Kier molecular flexibility index (Phi) is 8.12. The van der Waals surface area contributed by atoms with Crippen molar-refractivity contribution in [2.75, 3.05) is 5.75 Å². The van der Waals surface area contributed by atoms with Gasteiger partial charge in [0.15, 0.2) is 0 Å². The summed E-state index contributed by atoms with van der Waals surface area (Å²) in [6.45, 7) is 8.22. The van der Waals surface area contributed by atoms with Crippen LogP contribution in [-0.4, -0.2) is 34.0 Å². The van der Waals surface area contributed by atoms with Crippen LogP contribution in [0.2, 0.25) is 0 Å². The van der Waals surface area contributed by atoms with Crippen molar-refractivity contribution in [3.8, 4) is 0 Å². The highest BCUT2D eigenvalue weighted by atomic mass is 32.2. The molecule has 0 heterocycles. The summed E-state index contributed by atoms with van der Waals surface area (Å²) in [5.41, 5.74) is 0.674. The van der Waals surface area contributed by atoms with E-state index in [-0.39, 0.29) is 17.4 Å². The van der Waals surface area contributed by atoms with Gasteiger partial charge in [0, 0.05) is 17.0 Å². The van der Waals surface area contributed by atoms with Gasteiger partial charge in [-0.25, -0.2) is 0 Å². The molecule has 4 nitrogen and oxygen atoms in total. The number of nitrogens with zero attached hydrogens (tertiary/aromatic N) is 1. The highest BCUT2D eigenvalue weighted by molar-refractivity contribution is 8.00. The Hall–Kier alpha value is -2.27. The molecule has 2 amide bonds. The molecule has 0 bridgehead atoms. The Bertz CT molecular complexity index is 757. The lowest BCUT2D eigenvalue weighted by Crippen LogP contribution is -2.53. The van der Waals surface area contributed by atoms with E-state index in [1.807, 2.05) is 88.4 Å². The van der Waals surface area contributed by atoms with Crippen molar-refractivity contribution in [3.05, 3.63) is 66.2 Å². The lowest BCUT2D eigenvalue weighted by Gasteiger charge is -2.33. The van der Waals surface area contributed by atoms with Gasteiger partial charge >= 0.3 is 0 Å². The number of benzene rings is 2. The number of hydrogen-bond acceptors (Lipinski definition) is 3. The van der Waals surface area contributed by atoms with Gasteiger partial charge < -0.3 is 10.2 Å². The van der Waals surface area contributed by atoms with Gasteiger partial charge in [-0.05, 0) is 44.9 Å². The fraction of sp³-hybridized carbons (Fsp3) is 0.391. The van der Waals surface area contributed by atoms with Gasteiger partial charge in [0.1, 0.15) is 6.04 Å². The maximum atomic E-state index is 13.1. The molecule has 0 aliphatic carbocycles. The third-order valence-electron chi connectivity index (χ3n) is 4.19. The zero-order valence-corrected chi connectivity index (χ0v) is 18.0. The molecule has 150 valence electrons. The van der Waals surface area contributed by atoms with Crippen LogP contribution in [0.15, 0.2) is 65.6 Å². The van der Waals surface area contributed by atoms with Gasteiger partial charge in [0.25, 0.3) is 0 Å². The summed E-state index contributed by atoms with van der Waals surface area (Å²) in [6.07, 6.45) is 0.566. The third kappa shape index (κ3) is 7.04. The van der Waals surface area contributed by atoms with E-state index in [1.165, 1.54) is 11.8 Å². The van der Waals surface area contributed by atoms with E-state index < -0.39 is 6.04 Å². The molecule has 28 heavy (non-hydrogen) atoms. The van der Waals surface area contributed by atoms with Crippen molar-refractivity contribution in [1.29, 1.82) is 0 Å². The van der Waals surface area contributed by atoms with Crippen molar-refractivity contribution in [1.82, 2.24) is 10.2 Å². The Morgan fingerprint density at radius 1 is 1.00 bits per heavy atom. The van der Waals surface area contributed by atoms with Crippen LogP contribution in [0.1, 0.15) is 39.7 Å². The maximum absolute atomic E-state index is 13.1. The van der Waals surface area contributed by atoms with E-state index in [2.05, 4.69) is 5.32 Å². The molecule has 0 unspecified atom stereocenters. The Balaban J connectivity index is 2.19. The smallest absolute Gasteiger partial charge is 0.243 e. The van der Waals surface area contributed by atoms with Crippen molar-refractivity contribution >= 4 is 23.6 Å². The predicted octanol–water partition coefficient (Wildman–Crippen LogP) is 4.50. The predicted molar refractivity (Wildman–Crippen MR) is 116 cm³/mol. The standard InChI is InChI=1S/C23H30N2O2S/c1-5-20(22(27)24-23(2,3)4)25(16-18-12-8-6-9-13-18)21(26)17-28-19-14-10-7-11-15-19/h6-15,20H,5,16-17H2,1-4H3,(H,24,27)/t20-/m0/s1. The molecule has 0 saturated carbocycles. The SMILES string of the molecule is CC[C@@H](C(=O)NC(C)(C)C)N(Cc1ccccc1)C(=O)CSc1ccccc1. The number of hydrogen-bond donors (Lipinski definition) is 1. The summed E-state index contributed by atoms with van der Waals surface area (Å²) in [5, 5.41) is 3.03. The number of thioether (sulfide) groups is 1. The van der Waals surface area contributed by atoms with E-state index >= 15 is 0 Å². The van der Waals surface area contributed by atoms with Crippen LogP contribution < -0.4 is 5.32 Å². The van der Waals surface area contributed by atoms with Crippen LogP contribution in [-0.2, 0) is 16.1 Å². The number of amides is 2. The molecule has 2 aromatic carbocycles. The monoisotopic (exact) mass is 398 g/mol. The van der Waals surface area contributed by atoms with E-state index in [0.29, 0.717) is 18.7 Å². The third-order valence-corrected chi connectivity index (χ3v) is 5.18. The van der Waals surface area contributed by atoms with Crippen LogP contribution in [0.4, 0.5) is 0 Å². The highest BCUT2D eigenvalue weighted by Crippen LogP contribution is 2.20. The first-order chi connectivity index (χ1) is 13.3. The quantitative estimate of drug-likeness (QED) is 0.666. The zero-order valence-electron chi connectivity index (χ0n) is 17.1. The molecular weight excluding hydrogens is 368 g/mol. The Labute approximate surface area is 172 Å². The molecule has 2 aromatic rings. The molecule has 1 atom stereocenters. The summed E-state index contributed by atoms with van der Waals surface area (Å²) in [5.74, 6) is 0.161. The summed E-state index contributed by atoms with van der Waals surface area (Å²) in [4.78, 5) is 28.8. The molecule has 2 rings (SSSR count). The van der Waals surface area contributed by atoms with Gasteiger partial charge in [-0.15, -0.1) is 11.8 Å². The summed E-state index contributed by atoms with van der Waals surface area (Å²) >= 11 is 1.50. The normalized spacial score (nSPS) is 12.3. The van der Waals surface area contributed by atoms with E-state index in [4.69, 9.17) is 0 Å². The second-order valence-electron chi connectivity index (χ2n) is 7.77. The minimum atomic E-state index is -0.497. The minimum absolute atomic E-state index is 0.0337. The fourth-order valence-electron chi connectivity index (χ4n) is 2.90. The summed E-state index contributed by atoms with van der Waals surface area (Å²) < 4.78 is 0. The van der Waals surface area contributed by atoms with E-state index in [0.717, 1.165) is 10.5 Å². The van der Waals surface area contributed by atoms with Crippen molar-refractivity contribution in [3.63, 3.8) is 0 Å². The molecule has 0 radical (unpaired) electrons. The average molecular weight is 399 g/mol. The lowest BCUT2D eigenvalue weighted by molar-refractivity contribution is -0.140. The highest BCUT2D eigenvalue weighted by Gasteiger charge is 2.30. The van der Waals surface area contributed by atoms with Gasteiger partial charge in [-0.2, -0.15) is 0 Å². The maximum Gasteiger partial charge on any atom is 0.243 e. The van der Waals surface area contributed by atoms with Gasteiger partial charge in [-0.1, -0.05) is 55.5 Å². The zero-order chi connectivity index (χ0) is 20.6. The molecule has 0 aliphatic rings. The first-order valence-corrected chi connectivity index (χ1v) is 10.6. The van der Waals surface area contributed by atoms with Gasteiger partial charge in [-0.3, -0.25) is 9.59 Å². The Morgan fingerprint density at radius 2 is 1.57 bits per heavy atom. The number of carbonyl (C=O) groups is 2. The topological polar surface area (TPSA) is 49.4 Å². The van der Waals surface area contributed by atoms with Crippen LogP contribution in [0.5, 0.6) is 0 Å². The largest absolute Gasteiger partial charge is 0.350 e. The van der Waals surface area contributed by atoms with E-state index in [9.17, 15) is 9.59 Å². The van der Waals surface area contributed by atoms with Crippen LogP contribution >= 0.6 is 11.8 Å². The second-order valence-corrected chi connectivity index (χ2v) is 8.82. The molecule has 0 aliphatic heterocycles. The molecule has 5 heteroatoms. The molecular formula is C23H30N2O2S. The van der Waals surface area contributed by atoms with Crippen LogP contribution in [0.3, 0.4) is 0 Å². The summed E-state index contributed by atoms with van der Waals surface area (Å²) in [6, 6.07) is 19.2. The van der Waals surface area contributed by atoms with Gasteiger partial charge in [0.05, 0.1) is 5.75 Å². The number of nitrogens with one attached hydrogen (secondary N) is 1. The lowest BCUT2D eigenvalue weighted by atomic mass is 10.1. The number of rotatable bonds is 8. The fourth-order valence-corrected chi connectivity index (χ4v) is 3.70. The van der Waals surface area contributed by atoms with Gasteiger partial charge in [0.2, 0.25) is 11.8 Å². The van der Waals surface area contributed by atoms with Crippen molar-refractivity contribution < 1.29 is 9.59 Å². The van der Waals surface area contributed by atoms with E-state index in [1.54, 1.807) is 4.90 Å². The first kappa shape index (κ1) is 22.0. The van der Waals surface area contributed by atoms with Crippen LogP contribution in [0.25, 0.3) is 0 Å². The van der Waals surface area contributed by atoms with Crippen LogP contribution in [0, 0.1) is 0 Å².